The fourth-order valence-corrected chi connectivity index (χ4v) is 8.81. The first-order chi connectivity index (χ1) is 20.7. The predicted octanol–water partition coefficient (Wildman–Crippen LogP) is 10.2. The summed E-state index contributed by atoms with van der Waals surface area (Å²) >= 11 is 3.63. The lowest BCUT2D eigenvalue weighted by molar-refractivity contribution is 0.104. The second-order valence-electron chi connectivity index (χ2n) is 10.9. The smallest absolute Gasteiger partial charge is 0.193 e. The molecule has 1 unspecified atom stereocenters. The quantitative estimate of drug-likeness (QED) is 0.204. The van der Waals surface area contributed by atoms with Crippen LogP contribution in [0, 0.1) is 0 Å². The van der Waals surface area contributed by atoms with E-state index in [1.807, 2.05) is 29.6 Å². The lowest BCUT2D eigenvalue weighted by Gasteiger charge is -2.39. The van der Waals surface area contributed by atoms with E-state index in [1.54, 1.807) is 0 Å². The number of benzene rings is 5. The van der Waals surface area contributed by atoms with E-state index >= 15 is 0 Å². The second-order valence-corrected chi connectivity index (χ2v) is 13.0. The number of hydrogen-bond donors (Lipinski definition) is 0. The number of ketones is 1. The number of Topliss-reactive ketones (excluding diaryl/α,β-unsaturated/α-hetero) is 1. The van der Waals surface area contributed by atoms with Gasteiger partial charge in [-0.3, -0.25) is 4.79 Å². The topological polar surface area (TPSA) is 23.6 Å². The zero-order valence-electron chi connectivity index (χ0n) is 22.5. The molecule has 5 aromatic carbocycles. The van der Waals surface area contributed by atoms with Crippen LogP contribution in [-0.4, -0.2) is 11.8 Å². The molecule has 2 aliphatic carbocycles. The average Bonchev–Trinajstić information content (AvgIpc) is 3.32. The molecule has 0 amide bonds. The fraction of sp³-hybridized carbons (Fsp3) is 0.0541. The zero-order chi connectivity index (χ0) is 27.8. The van der Waals surface area contributed by atoms with Crippen LogP contribution in [0.15, 0.2) is 153 Å². The molecule has 2 heterocycles. The van der Waals surface area contributed by atoms with E-state index in [0.717, 1.165) is 34.4 Å². The third-order valence-corrected chi connectivity index (χ3v) is 10.8. The van der Waals surface area contributed by atoms with E-state index < -0.39 is 0 Å². The molecule has 200 valence electrons. The summed E-state index contributed by atoms with van der Waals surface area (Å²) in [5.74, 6) is 0.131. The third kappa shape index (κ3) is 3.54. The van der Waals surface area contributed by atoms with Gasteiger partial charge in [0.15, 0.2) is 5.78 Å². The first-order valence-corrected chi connectivity index (χ1v) is 15.8. The average molecular weight is 577 g/mol. The number of para-hydroxylation sites is 4. The molecule has 0 N–H and O–H groups in total. The summed E-state index contributed by atoms with van der Waals surface area (Å²) in [5, 5.41) is 0. The van der Waals surface area contributed by atoms with Crippen molar-refractivity contribution < 1.29 is 4.79 Å². The Morgan fingerprint density at radius 1 is 0.595 bits per heavy atom. The van der Waals surface area contributed by atoms with E-state index in [0.29, 0.717) is 0 Å². The van der Waals surface area contributed by atoms with Crippen molar-refractivity contribution in [3.8, 4) is 0 Å². The van der Waals surface area contributed by atoms with Gasteiger partial charge in [0.05, 0.1) is 28.8 Å². The molecule has 0 aromatic heterocycles. The van der Waals surface area contributed by atoms with Gasteiger partial charge < -0.3 is 9.80 Å². The van der Waals surface area contributed by atoms with Gasteiger partial charge in [0.2, 0.25) is 0 Å². The van der Waals surface area contributed by atoms with Crippen LogP contribution in [-0.2, 0) is 0 Å². The molecule has 0 spiro atoms. The number of rotatable bonds is 2. The Kier molecular flexibility index (Phi) is 5.34. The minimum atomic E-state index is 0.0993. The molecule has 0 fully saturated rings. The van der Waals surface area contributed by atoms with E-state index in [2.05, 4.69) is 131 Å². The second kappa shape index (κ2) is 9.28. The monoisotopic (exact) mass is 576 g/mol. The molecule has 0 saturated heterocycles. The summed E-state index contributed by atoms with van der Waals surface area (Å²) in [5.41, 5.74) is 9.69. The van der Waals surface area contributed by atoms with Gasteiger partial charge in [-0.15, -0.1) is 0 Å². The van der Waals surface area contributed by atoms with Gasteiger partial charge in [0.25, 0.3) is 0 Å². The van der Waals surface area contributed by atoms with Crippen molar-refractivity contribution in [2.24, 2.45) is 0 Å². The third-order valence-electron chi connectivity index (χ3n) is 8.53. The van der Waals surface area contributed by atoms with Crippen LogP contribution < -0.4 is 9.80 Å². The van der Waals surface area contributed by atoms with E-state index in [1.165, 1.54) is 42.3 Å². The number of fused-ring (bicyclic) bond motifs is 6. The summed E-state index contributed by atoms with van der Waals surface area (Å²) < 4.78 is 0. The lowest BCUT2D eigenvalue weighted by atomic mass is 9.91. The van der Waals surface area contributed by atoms with Crippen LogP contribution in [0.4, 0.5) is 28.4 Å². The van der Waals surface area contributed by atoms with Crippen LogP contribution in [0.3, 0.4) is 0 Å². The molecule has 5 aromatic rings. The van der Waals surface area contributed by atoms with Gasteiger partial charge >= 0.3 is 0 Å². The maximum atomic E-state index is 13.7. The fourth-order valence-electron chi connectivity index (χ4n) is 6.68. The molecule has 0 radical (unpaired) electrons. The van der Waals surface area contributed by atoms with Crippen LogP contribution in [0.1, 0.15) is 22.3 Å². The zero-order valence-corrected chi connectivity index (χ0v) is 24.2. The standard InChI is InChI=1S/C37H24N2OS2/c40-37-25-19-17-23(38-29-9-1-5-13-33(29)41-34-14-6-2-10-30(34)38)21-27(25)28-22-24(18-20-26(28)37)39-31-11-3-7-15-35(31)42-36-16-8-4-12-32(36)39/h1-21,24H,22H2. The van der Waals surface area contributed by atoms with Crippen molar-refractivity contribution in [2.45, 2.75) is 32.0 Å². The summed E-state index contributed by atoms with van der Waals surface area (Å²) in [4.78, 5) is 23.4. The molecular weight excluding hydrogens is 553 g/mol. The maximum Gasteiger partial charge on any atom is 0.193 e. The number of hydrogen-bond acceptors (Lipinski definition) is 5. The normalized spacial score (nSPS) is 17.7. The number of nitrogens with zero attached hydrogens (tertiary/aromatic N) is 2. The van der Waals surface area contributed by atoms with Gasteiger partial charge in [0, 0.05) is 36.4 Å². The van der Waals surface area contributed by atoms with Crippen molar-refractivity contribution in [3.63, 3.8) is 0 Å². The number of carbonyl (C=O) groups excluding carboxylic acids is 1. The van der Waals surface area contributed by atoms with Crippen molar-refractivity contribution in [2.75, 3.05) is 9.80 Å². The van der Waals surface area contributed by atoms with E-state index in [-0.39, 0.29) is 11.8 Å². The molecule has 1 atom stereocenters. The molecule has 0 bridgehead atoms. The first kappa shape index (κ1) is 24.2. The SMILES string of the molecule is O=C1C2=C(CC(N3c4ccccc4Sc4ccccc43)C=C2)c2cc(N3c4ccccc4Sc4ccccc43)ccc21. The highest BCUT2D eigenvalue weighted by Crippen LogP contribution is 2.54. The molecular formula is C37H24N2OS2. The van der Waals surface area contributed by atoms with Gasteiger partial charge in [-0.05, 0) is 84.3 Å². The van der Waals surface area contributed by atoms with E-state index in [9.17, 15) is 4.79 Å². The molecule has 9 rings (SSSR count). The van der Waals surface area contributed by atoms with Crippen molar-refractivity contribution in [1.82, 2.24) is 0 Å². The Morgan fingerprint density at radius 2 is 1.12 bits per heavy atom. The molecule has 5 heteroatoms. The van der Waals surface area contributed by atoms with Gasteiger partial charge in [-0.2, -0.15) is 0 Å². The van der Waals surface area contributed by atoms with Crippen molar-refractivity contribution >= 4 is 63.3 Å². The Morgan fingerprint density at radius 3 is 1.71 bits per heavy atom. The minimum absolute atomic E-state index is 0.0993. The van der Waals surface area contributed by atoms with Crippen LogP contribution in [0.25, 0.3) is 5.57 Å². The van der Waals surface area contributed by atoms with E-state index in [4.69, 9.17) is 0 Å². The van der Waals surface area contributed by atoms with Crippen LogP contribution >= 0.6 is 23.5 Å². The van der Waals surface area contributed by atoms with Gasteiger partial charge in [-0.25, -0.2) is 0 Å². The minimum Gasteiger partial charge on any atom is -0.332 e. The van der Waals surface area contributed by atoms with Crippen LogP contribution in [0.2, 0.25) is 0 Å². The highest BCUT2D eigenvalue weighted by atomic mass is 32.2. The highest BCUT2D eigenvalue weighted by molar-refractivity contribution is 8.00. The maximum absolute atomic E-state index is 13.7. The Balaban J connectivity index is 1.15. The Bertz CT molecular complexity index is 1940. The molecule has 4 aliphatic rings. The molecule has 2 aliphatic heterocycles. The largest absolute Gasteiger partial charge is 0.332 e. The summed E-state index contributed by atoms with van der Waals surface area (Å²) in [7, 11) is 0. The highest BCUT2D eigenvalue weighted by Gasteiger charge is 2.36. The summed E-state index contributed by atoms with van der Waals surface area (Å²) in [6, 6.07) is 40.9. The van der Waals surface area contributed by atoms with Gasteiger partial charge in [-0.1, -0.05) is 84.2 Å². The summed E-state index contributed by atoms with van der Waals surface area (Å²) in [6.07, 6.45) is 5.06. The Labute approximate surface area is 253 Å². The van der Waals surface area contributed by atoms with Gasteiger partial charge in [0.1, 0.15) is 0 Å². The van der Waals surface area contributed by atoms with Crippen molar-refractivity contribution in [1.29, 1.82) is 0 Å². The molecule has 42 heavy (non-hydrogen) atoms. The van der Waals surface area contributed by atoms with Crippen LogP contribution in [0.5, 0.6) is 0 Å². The number of allylic oxidation sites excluding steroid dienone is 2. The Hall–Kier alpha value is -4.45. The lowest BCUT2D eigenvalue weighted by Crippen LogP contribution is -2.33. The molecule has 0 saturated carbocycles. The van der Waals surface area contributed by atoms with Crippen molar-refractivity contribution in [3.05, 3.63) is 144 Å². The number of anilines is 5. The summed E-state index contributed by atoms with van der Waals surface area (Å²) in [6.45, 7) is 0. The first-order valence-electron chi connectivity index (χ1n) is 14.2. The number of carbonyl (C=O) groups is 1. The molecule has 3 nitrogen and oxygen atoms in total. The predicted molar refractivity (Wildman–Crippen MR) is 173 cm³/mol.